The molecule has 0 unspecified atom stereocenters. The van der Waals surface area contributed by atoms with Crippen LogP contribution in [0.1, 0.15) is 29.0 Å². The summed E-state index contributed by atoms with van der Waals surface area (Å²) >= 11 is 1.49. The van der Waals surface area contributed by atoms with Gasteiger partial charge in [-0.2, -0.15) is 5.26 Å². The molecule has 1 saturated carbocycles. The van der Waals surface area contributed by atoms with E-state index in [0.717, 1.165) is 35.2 Å². The van der Waals surface area contributed by atoms with Gasteiger partial charge in [-0.3, -0.25) is 0 Å². The van der Waals surface area contributed by atoms with Gasteiger partial charge >= 0.3 is 0 Å². The van der Waals surface area contributed by atoms with Crippen LogP contribution in [0.4, 0.5) is 8.78 Å². The van der Waals surface area contributed by atoms with E-state index in [4.69, 9.17) is 5.26 Å². The van der Waals surface area contributed by atoms with E-state index in [-0.39, 0.29) is 0 Å². The van der Waals surface area contributed by atoms with Crippen LogP contribution in [0.2, 0.25) is 0 Å². The summed E-state index contributed by atoms with van der Waals surface area (Å²) in [6, 6.07) is 13.1. The number of hydrogen-bond acceptors (Lipinski definition) is 3. The lowest BCUT2D eigenvalue weighted by Gasteiger charge is -2.13. The molecule has 0 atom stereocenters. The molecule has 0 N–H and O–H groups in total. The Bertz CT molecular complexity index is 950. The number of halogens is 2. The zero-order chi connectivity index (χ0) is 16.7. The Morgan fingerprint density at radius 2 is 1.83 bits per heavy atom. The lowest BCUT2D eigenvalue weighted by atomic mass is 9.96. The second kappa shape index (κ2) is 5.50. The van der Waals surface area contributed by atoms with E-state index >= 15 is 0 Å². The Labute approximate surface area is 142 Å². The van der Waals surface area contributed by atoms with Crippen LogP contribution in [0.3, 0.4) is 0 Å². The van der Waals surface area contributed by atoms with Gasteiger partial charge in [0.1, 0.15) is 16.6 Å². The highest BCUT2D eigenvalue weighted by molar-refractivity contribution is 7.10. The second-order valence-electron chi connectivity index (χ2n) is 5.93. The second-order valence-corrected chi connectivity index (χ2v) is 6.79. The van der Waals surface area contributed by atoms with Crippen molar-refractivity contribution in [1.82, 2.24) is 4.98 Å². The molecule has 2 aromatic carbocycles. The maximum absolute atomic E-state index is 14.2. The molecule has 1 aromatic heterocycles. The Morgan fingerprint density at radius 3 is 2.46 bits per heavy atom. The van der Waals surface area contributed by atoms with Gasteiger partial charge in [-0.05, 0) is 31.0 Å². The van der Waals surface area contributed by atoms with Gasteiger partial charge in [0.2, 0.25) is 0 Å². The number of thiazole rings is 1. The maximum Gasteiger partial charge on any atom is 0.130 e. The molecule has 1 aliphatic rings. The highest BCUT2D eigenvalue weighted by Crippen LogP contribution is 2.55. The third-order valence-electron chi connectivity index (χ3n) is 4.42. The molecule has 3 aromatic rings. The highest BCUT2D eigenvalue weighted by Gasteiger charge is 2.50. The van der Waals surface area contributed by atoms with Gasteiger partial charge in [0.15, 0.2) is 0 Å². The summed E-state index contributed by atoms with van der Waals surface area (Å²) in [6.07, 6.45) is 1.63. The molecule has 2 nitrogen and oxygen atoms in total. The first-order valence-electron chi connectivity index (χ1n) is 7.54. The van der Waals surface area contributed by atoms with Crippen LogP contribution in [-0.2, 0) is 5.41 Å². The van der Waals surface area contributed by atoms with Gasteiger partial charge in [0, 0.05) is 22.6 Å². The minimum Gasteiger partial charge on any atom is -0.240 e. The molecular weight excluding hydrogens is 326 g/mol. The lowest BCUT2D eigenvalue weighted by Crippen LogP contribution is -2.11. The molecule has 0 amide bonds. The van der Waals surface area contributed by atoms with Crippen molar-refractivity contribution < 1.29 is 8.78 Å². The average Bonchev–Trinajstić information content (AvgIpc) is 3.23. The van der Waals surface area contributed by atoms with Gasteiger partial charge in [-0.15, -0.1) is 11.3 Å². The maximum atomic E-state index is 14.2. The van der Waals surface area contributed by atoms with E-state index in [2.05, 4.69) is 11.1 Å². The minimum atomic E-state index is -0.565. The number of nitrogens with zero attached hydrogens (tertiary/aromatic N) is 2. The van der Waals surface area contributed by atoms with E-state index in [1.807, 2.05) is 17.5 Å². The molecule has 0 saturated heterocycles. The molecule has 0 radical (unpaired) electrons. The monoisotopic (exact) mass is 338 g/mol. The van der Waals surface area contributed by atoms with Crippen molar-refractivity contribution in [2.24, 2.45) is 0 Å². The van der Waals surface area contributed by atoms with Gasteiger partial charge < -0.3 is 0 Å². The van der Waals surface area contributed by atoms with Crippen molar-refractivity contribution in [1.29, 1.82) is 5.26 Å². The van der Waals surface area contributed by atoms with Gasteiger partial charge in [-0.1, -0.05) is 18.2 Å². The number of rotatable bonds is 3. The Kier molecular flexibility index (Phi) is 3.43. The highest BCUT2D eigenvalue weighted by atomic mass is 32.1. The third-order valence-corrected chi connectivity index (χ3v) is 5.47. The molecule has 1 fully saturated rings. The number of nitriles is 1. The molecule has 0 bridgehead atoms. The number of benzene rings is 2. The van der Waals surface area contributed by atoms with Crippen molar-refractivity contribution in [2.45, 2.75) is 18.3 Å². The Hall–Kier alpha value is -2.58. The first-order valence-corrected chi connectivity index (χ1v) is 8.42. The van der Waals surface area contributed by atoms with Crippen molar-refractivity contribution >= 4 is 11.3 Å². The molecule has 0 spiro atoms. The van der Waals surface area contributed by atoms with Crippen LogP contribution in [0.5, 0.6) is 0 Å². The summed E-state index contributed by atoms with van der Waals surface area (Å²) in [4.78, 5) is 4.69. The van der Waals surface area contributed by atoms with Crippen LogP contribution >= 0.6 is 11.3 Å². The molecule has 1 heterocycles. The number of aromatic nitrogens is 1. The molecule has 1 aliphatic carbocycles. The summed E-state index contributed by atoms with van der Waals surface area (Å²) in [5, 5.41) is 11.7. The van der Waals surface area contributed by atoms with Crippen molar-refractivity contribution in [2.75, 3.05) is 0 Å². The fraction of sp³-hybridized carbons (Fsp3) is 0.158. The van der Waals surface area contributed by atoms with Gasteiger partial charge in [0.05, 0.1) is 22.7 Å². The van der Waals surface area contributed by atoms with E-state index in [1.54, 1.807) is 12.1 Å². The van der Waals surface area contributed by atoms with Gasteiger partial charge in [0.25, 0.3) is 0 Å². The molecule has 118 valence electrons. The van der Waals surface area contributed by atoms with Crippen molar-refractivity contribution in [3.05, 3.63) is 75.6 Å². The van der Waals surface area contributed by atoms with E-state index < -0.39 is 17.0 Å². The lowest BCUT2D eigenvalue weighted by molar-refractivity contribution is 0.562. The van der Waals surface area contributed by atoms with E-state index in [9.17, 15) is 8.78 Å². The standard InChI is InChI=1S/C19H12F2N2S/c20-14-5-6-15(16(21)9-14)19(7-8-19)18-23-17(11-24-18)13-3-1-12(10-22)2-4-13/h1-6,9,11H,7-8H2. The van der Waals surface area contributed by atoms with Gasteiger partial charge in [-0.25, -0.2) is 13.8 Å². The molecular formula is C19H12F2N2S. The zero-order valence-electron chi connectivity index (χ0n) is 12.6. The summed E-state index contributed by atoms with van der Waals surface area (Å²) in [5.74, 6) is -1.08. The molecule has 5 heteroatoms. The summed E-state index contributed by atoms with van der Waals surface area (Å²) < 4.78 is 27.4. The fourth-order valence-electron chi connectivity index (χ4n) is 2.94. The predicted octanol–water partition coefficient (Wildman–Crippen LogP) is 5.04. The van der Waals surface area contributed by atoms with Crippen molar-refractivity contribution in [3.8, 4) is 17.3 Å². The first-order chi connectivity index (χ1) is 11.6. The summed E-state index contributed by atoms with van der Waals surface area (Å²) in [5.41, 5.74) is 2.43. The van der Waals surface area contributed by atoms with Crippen LogP contribution in [0, 0.1) is 23.0 Å². The first kappa shape index (κ1) is 15.0. The van der Waals surface area contributed by atoms with E-state index in [1.165, 1.54) is 23.5 Å². The quantitative estimate of drug-likeness (QED) is 0.671. The molecule has 24 heavy (non-hydrogen) atoms. The summed E-state index contributed by atoms with van der Waals surface area (Å²) in [7, 11) is 0. The minimum absolute atomic E-state index is 0.423. The fourth-order valence-corrected chi connectivity index (χ4v) is 4.05. The topological polar surface area (TPSA) is 36.7 Å². The zero-order valence-corrected chi connectivity index (χ0v) is 13.4. The van der Waals surface area contributed by atoms with Crippen LogP contribution in [0.15, 0.2) is 47.8 Å². The van der Waals surface area contributed by atoms with Crippen LogP contribution < -0.4 is 0 Å². The van der Waals surface area contributed by atoms with Crippen LogP contribution in [-0.4, -0.2) is 4.98 Å². The average molecular weight is 338 g/mol. The molecule has 4 rings (SSSR count). The Balaban J connectivity index is 1.70. The Morgan fingerprint density at radius 1 is 1.08 bits per heavy atom. The molecule has 0 aliphatic heterocycles. The smallest absolute Gasteiger partial charge is 0.130 e. The number of hydrogen-bond donors (Lipinski definition) is 0. The van der Waals surface area contributed by atoms with Crippen LogP contribution in [0.25, 0.3) is 11.3 Å². The third kappa shape index (κ3) is 2.40. The van der Waals surface area contributed by atoms with E-state index in [0.29, 0.717) is 11.1 Å². The normalized spacial score (nSPS) is 15.0. The summed E-state index contributed by atoms with van der Waals surface area (Å²) in [6.45, 7) is 0. The largest absolute Gasteiger partial charge is 0.240 e. The predicted molar refractivity (Wildman–Crippen MR) is 88.6 cm³/mol. The SMILES string of the molecule is N#Cc1ccc(-c2csc(C3(c4ccc(F)cc4F)CC3)n2)cc1. The van der Waals surface area contributed by atoms with Crippen molar-refractivity contribution in [3.63, 3.8) is 0 Å².